The van der Waals surface area contributed by atoms with Gasteiger partial charge in [0.2, 0.25) is 0 Å². The molecule has 3 heterocycles. The number of ether oxygens (including phenoxy) is 1. The van der Waals surface area contributed by atoms with Crippen molar-refractivity contribution in [2.24, 2.45) is 5.10 Å². The number of benzene rings is 1. The van der Waals surface area contributed by atoms with Crippen molar-refractivity contribution in [2.75, 3.05) is 13.2 Å². The average Bonchev–Trinajstić information content (AvgIpc) is 3.56. The Kier molecular flexibility index (Phi) is 6.16. The zero-order valence-corrected chi connectivity index (χ0v) is 17.3. The number of esters is 1. The molecule has 0 unspecified atom stereocenters. The van der Waals surface area contributed by atoms with Gasteiger partial charge in [0.15, 0.2) is 12.4 Å². The summed E-state index contributed by atoms with van der Waals surface area (Å²) in [5, 5.41) is 8.13. The fourth-order valence-corrected chi connectivity index (χ4v) is 3.27. The Balaban J connectivity index is 1.38. The van der Waals surface area contributed by atoms with E-state index in [2.05, 4.69) is 10.4 Å². The fourth-order valence-electron chi connectivity index (χ4n) is 3.27. The first-order chi connectivity index (χ1) is 15.5. The van der Waals surface area contributed by atoms with Crippen molar-refractivity contribution in [3.05, 3.63) is 83.7 Å². The van der Waals surface area contributed by atoms with Gasteiger partial charge in [-0.2, -0.15) is 5.10 Å². The summed E-state index contributed by atoms with van der Waals surface area (Å²) in [5.41, 5.74) is 2.76. The summed E-state index contributed by atoms with van der Waals surface area (Å²) >= 11 is 0. The molecule has 0 saturated heterocycles. The van der Waals surface area contributed by atoms with Gasteiger partial charge in [-0.05, 0) is 36.8 Å². The minimum Gasteiger partial charge on any atom is -0.467 e. The van der Waals surface area contributed by atoms with E-state index < -0.39 is 37.0 Å². The van der Waals surface area contributed by atoms with Gasteiger partial charge < -0.3 is 18.9 Å². The van der Waals surface area contributed by atoms with Gasteiger partial charge in [-0.1, -0.05) is 29.8 Å². The van der Waals surface area contributed by atoms with Crippen molar-refractivity contribution in [2.45, 2.75) is 19.4 Å². The molecule has 0 aliphatic carbocycles. The number of furan rings is 2. The van der Waals surface area contributed by atoms with Gasteiger partial charge in [-0.25, -0.2) is 5.01 Å². The molecule has 0 fully saturated rings. The van der Waals surface area contributed by atoms with Crippen LogP contribution < -0.4 is 5.32 Å². The summed E-state index contributed by atoms with van der Waals surface area (Å²) in [6, 6.07) is 13.9. The summed E-state index contributed by atoms with van der Waals surface area (Å²) in [6.45, 7) is 1.08. The van der Waals surface area contributed by atoms with Crippen LogP contribution in [0.3, 0.4) is 0 Å². The monoisotopic (exact) mass is 435 g/mol. The SMILES string of the molecule is Cc1ccc(C2=NN(C(=O)COC(=O)CNC(=O)c3ccco3)[C@@H](c3ccco3)C2)cc1. The van der Waals surface area contributed by atoms with E-state index in [0.717, 1.165) is 16.8 Å². The molecule has 2 amide bonds. The first-order valence-electron chi connectivity index (χ1n) is 9.98. The van der Waals surface area contributed by atoms with Gasteiger partial charge in [0.05, 0.1) is 18.2 Å². The van der Waals surface area contributed by atoms with Crippen LogP contribution in [-0.4, -0.2) is 41.7 Å². The summed E-state index contributed by atoms with van der Waals surface area (Å²) < 4.78 is 15.5. The summed E-state index contributed by atoms with van der Waals surface area (Å²) in [7, 11) is 0. The van der Waals surface area contributed by atoms with Crippen LogP contribution in [0.25, 0.3) is 0 Å². The molecular weight excluding hydrogens is 414 g/mol. The lowest BCUT2D eigenvalue weighted by atomic mass is 10.0. The molecule has 3 aromatic rings. The van der Waals surface area contributed by atoms with Gasteiger partial charge in [0.1, 0.15) is 18.3 Å². The summed E-state index contributed by atoms with van der Waals surface area (Å²) in [5.74, 6) is -1.15. The maximum Gasteiger partial charge on any atom is 0.325 e. The molecule has 1 atom stereocenters. The third-order valence-electron chi connectivity index (χ3n) is 4.92. The Morgan fingerprint density at radius 3 is 2.53 bits per heavy atom. The lowest BCUT2D eigenvalue weighted by molar-refractivity contribution is -0.152. The topological polar surface area (TPSA) is 114 Å². The van der Waals surface area contributed by atoms with Crippen LogP contribution >= 0.6 is 0 Å². The highest BCUT2D eigenvalue weighted by atomic mass is 16.5. The van der Waals surface area contributed by atoms with E-state index in [4.69, 9.17) is 13.6 Å². The van der Waals surface area contributed by atoms with Crippen LogP contribution in [0.4, 0.5) is 0 Å². The molecular formula is C23H21N3O6. The molecule has 9 heteroatoms. The third kappa shape index (κ3) is 4.77. The van der Waals surface area contributed by atoms with Crippen molar-refractivity contribution < 1.29 is 28.0 Å². The molecule has 9 nitrogen and oxygen atoms in total. The first kappa shape index (κ1) is 21.1. The average molecular weight is 435 g/mol. The van der Waals surface area contributed by atoms with Crippen molar-refractivity contribution >= 4 is 23.5 Å². The molecule has 0 radical (unpaired) electrons. The molecule has 1 aliphatic rings. The molecule has 1 aromatic carbocycles. The maximum atomic E-state index is 12.8. The van der Waals surface area contributed by atoms with E-state index in [9.17, 15) is 14.4 Å². The summed E-state index contributed by atoms with van der Waals surface area (Å²) in [4.78, 5) is 36.6. The number of amides is 2. The van der Waals surface area contributed by atoms with Gasteiger partial charge in [0, 0.05) is 6.42 Å². The Morgan fingerprint density at radius 2 is 1.84 bits per heavy atom. The third-order valence-corrected chi connectivity index (χ3v) is 4.92. The Bertz CT molecular complexity index is 1120. The van der Waals surface area contributed by atoms with Crippen LogP contribution in [0.15, 0.2) is 75.0 Å². The van der Waals surface area contributed by atoms with E-state index in [-0.39, 0.29) is 5.76 Å². The van der Waals surface area contributed by atoms with Crippen molar-refractivity contribution in [1.29, 1.82) is 0 Å². The largest absolute Gasteiger partial charge is 0.467 e. The smallest absolute Gasteiger partial charge is 0.325 e. The molecule has 32 heavy (non-hydrogen) atoms. The minimum atomic E-state index is -0.755. The van der Waals surface area contributed by atoms with Gasteiger partial charge >= 0.3 is 5.97 Å². The van der Waals surface area contributed by atoms with Crippen molar-refractivity contribution in [3.8, 4) is 0 Å². The van der Waals surface area contributed by atoms with Gasteiger partial charge in [-0.15, -0.1) is 0 Å². The molecule has 2 aromatic heterocycles. The Labute approximate surface area is 183 Å². The number of hydrogen-bond acceptors (Lipinski definition) is 7. The van der Waals surface area contributed by atoms with Crippen LogP contribution in [-0.2, 0) is 14.3 Å². The number of hydrogen-bond donors (Lipinski definition) is 1. The number of rotatable bonds is 7. The second-order valence-corrected chi connectivity index (χ2v) is 7.21. The van der Waals surface area contributed by atoms with E-state index in [1.54, 1.807) is 18.2 Å². The number of carbonyl (C=O) groups is 3. The second-order valence-electron chi connectivity index (χ2n) is 7.21. The standard InChI is InChI=1S/C23H21N3O6/c1-15-6-8-16(9-7-15)17-12-18(19-4-2-10-30-19)26(25-17)21(27)14-32-22(28)13-24-23(29)20-5-3-11-31-20/h2-11,18H,12-14H2,1H3,(H,24,29)/t18-/m1/s1. The molecule has 4 rings (SSSR count). The predicted octanol–water partition coefficient (Wildman–Crippen LogP) is 2.83. The number of hydrazone groups is 1. The number of nitrogens with zero attached hydrogens (tertiary/aromatic N) is 2. The number of carbonyl (C=O) groups excluding carboxylic acids is 3. The molecule has 164 valence electrons. The van der Waals surface area contributed by atoms with Gasteiger partial charge in [-0.3, -0.25) is 14.4 Å². The summed E-state index contributed by atoms with van der Waals surface area (Å²) in [6.07, 6.45) is 3.35. The molecule has 0 saturated carbocycles. The lowest BCUT2D eigenvalue weighted by Crippen LogP contribution is -2.34. The first-order valence-corrected chi connectivity index (χ1v) is 9.98. The van der Waals surface area contributed by atoms with Crippen LogP contribution in [0, 0.1) is 6.92 Å². The molecule has 1 aliphatic heterocycles. The molecule has 0 spiro atoms. The lowest BCUT2D eigenvalue weighted by Gasteiger charge is -2.19. The van der Waals surface area contributed by atoms with E-state index in [1.165, 1.54) is 23.6 Å². The fraction of sp³-hybridized carbons (Fsp3) is 0.217. The quantitative estimate of drug-likeness (QED) is 0.571. The van der Waals surface area contributed by atoms with Crippen molar-refractivity contribution in [1.82, 2.24) is 10.3 Å². The highest BCUT2D eigenvalue weighted by molar-refractivity contribution is 6.03. The highest BCUT2D eigenvalue weighted by Crippen LogP contribution is 2.33. The van der Waals surface area contributed by atoms with Gasteiger partial charge in [0.25, 0.3) is 11.8 Å². The number of aryl methyl sites for hydroxylation is 1. The van der Waals surface area contributed by atoms with Crippen molar-refractivity contribution in [3.63, 3.8) is 0 Å². The van der Waals surface area contributed by atoms with E-state index >= 15 is 0 Å². The van der Waals surface area contributed by atoms with Crippen LogP contribution in [0.2, 0.25) is 0 Å². The molecule has 0 bridgehead atoms. The predicted molar refractivity (Wildman–Crippen MR) is 113 cm³/mol. The molecule has 1 N–H and O–H groups in total. The van der Waals surface area contributed by atoms with E-state index in [0.29, 0.717) is 12.2 Å². The van der Waals surface area contributed by atoms with Crippen LogP contribution in [0.5, 0.6) is 0 Å². The Hall–Kier alpha value is -4.14. The zero-order chi connectivity index (χ0) is 22.5. The normalized spacial score (nSPS) is 15.3. The minimum absolute atomic E-state index is 0.0743. The maximum absolute atomic E-state index is 12.8. The van der Waals surface area contributed by atoms with Crippen LogP contribution in [0.1, 0.15) is 39.9 Å². The highest BCUT2D eigenvalue weighted by Gasteiger charge is 2.35. The number of nitrogens with one attached hydrogen (secondary N) is 1. The Morgan fingerprint density at radius 1 is 1.09 bits per heavy atom. The second kappa shape index (κ2) is 9.34. The van der Waals surface area contributed by atoms with E-state index in [1.807, 2.05) is 31.2 Å². The zero-order valence-electron chi connectivity index (χ0n) is 17.3.